The summed E-state index contributed by atoms with van der Waals surface area (Å²) < 4.78 is 8.51. The fraction of sp³-hybridized carbons (Fsp3) is 0.562. The zero-order valence-corrected chi connectivity index (χ0v) is 25.2. The van der Waals surface area contributed by atoms with Gasteiger partial charge in [0.1, 0.15) is 5.82 Å². The molecule has 5 heterocycles. The van der Waals surface area contributed by atoms with Crippen LogP contribution < -0.4 is 4.90 Å². The maximum Gasteiger partial charge on any atom is 0.172 e. The molecule has 2 saturated heterocycles. The van der Waals surface area contributed by atoms with Gasteiger partial charge in [-0.1, -0.05) is 13.8 Å². The average molecular weight is 574 g/mol. The molecule has 7 rings (SSSR count). The van der Waals surface area contributed by atoms with E-state index in [9.17, 15) is 9.90 Å². The number of rotatable bonds is 7. The number of hydrogen-bond donors (Lipinski definition) is 1. The topological polar surface area (TPSA) is 92.9 Å². The largest absolute Gasteiger partial charge is 0.386 e. The van der Waals surface area contributed by atoms with Crippen LogP contribution in [0.3, 0.4) is 0 Å². The molecular formula is C32H39N5O3S. The van der Waals surface area contributed by atoms with Gasteiger partial charge in [0.25, 0.3) is 0 Å². The number of anilines is 1. The van der Waals surface area contributed by atoms with Gasteiger partial charge in [-0.15, -0.1) is 11.3 Å². The highest BCUT2D eigenvalue weighted by molar-refractivity contribution is 7.18. The average Bonchev–Trinajstić information content (AvgIpc) is 3.74. The molecule has 1 aromatic carbocycles. The number of aliphatic hydroxyl groups is 1. The number of fused-ring (bicyclic) bond motifs is 4. The molecule has 8 nitrogen and oxygen atoms in total. The molecule has 9 heteroatoms. The highest BCUT2D eigenvalue weighted by atomic mass is 32.1. The van der Waals surface area contributed by atoms with Crippen LogP contribution in [-0.4, -0.2) is 55.8 Å². The van der Waals surface area contributed by atoms with E-state index < -0.39 is 5.60 Å². The van der Waals surface area contributed by atoms with E-state index in [1.165, 1.54) is 30.7 Å². The van der Waals surface area contributed by atoms with Gasteiger partial charge in [0.2, 0.25) is 0 Å². The molecule has 2 aliphatic heterocycles. The van der Waals surface area contributed by atoms with Gasteiger partial charge in [-0.2, -0.15) is 5.10 Å². The first-order chi connectivity index (χ1) is 19.6. The van der Waals surface area contributed by atoms with Crippen molar-refractivity contribution in [3.63, 3.8) is 0 Å². The second kappa shape index (κ2) is 10.1. The van der Waals surface area contributed by atoms with Crippen LogP contribution in [0.2, 0.25) is 0 Å². The molecule has 3 aromatic heterocycles. The Morgan fingerprint density at radius 3 is 2.68 bits per heavy atom. The predicted molar refractivity (Wildman–Crippen MR) is 161 cm³/mol. The number of ether oxygens (including phenoxy) is 1. The molecule has 0 spiro atoms. The summed E-state index contributed by atoms with van der Waals surface area (Å²) in [6, 6.07) is 6.38. The van der Waals surface area contributed by atoms with E-state index in [4.69, 9.17) is 14.7 Å². The Bertz CT molecular complexity index is 1610. The molecule has 3 fully saturated rings. The normalized spacial score (nSPS) is 24.8. The van der Waals surface area contributed by atoms with Crippen LogP contribution in [0.4, 0.5) is 5.82 Å². The highest BCUT2D eigenvalue weighted by Gasteiger charge is 2.39. The van der Waals surface area contributed by atoms with Gasteiger partial charge in [0.15, 0.2) is 11.4 Å². The lowest BCUT2D eigenvalue weighted by molar-refractivity contribution is 0.0775. The summed E-state index contributed by atoms with van der Waals surface area (Å²) in [5, 5.41) is 16.7. The summed E-state index contributed by atoms with van der Waals surface area (Å²) in [6.07, 6.45) is 9.84. The highest BCUT2D eigenvalue weighted by Crippen LogP contribution is 2.42. The summed E-state index contributed by atoms with van der Waals surface area (Å²) in [7, 11) is 0. The standard InChI is InChI=1S/C32H39N5O3S/c1-18(2)19-5-7-20(8-6-19)31-34-26-14-25(32(3,4)39)21(12-28(26)41-31)11-27(38)24-15-33-37-10-9-29(35-30(24)37)36-16-23-13-22(36)17-40-23/h9-10,12,14-15,18-20,22-23,39H,5-8,11,13,16-17H2,1-4H3/t19?,20?,22-,23-/m1/s1. The number of morpholine rings is 1. The van der Waals surface area contributed by atoms with Crippen molar-refractivity contribution in [2.75, 3.05) is 18.1 Å². The monoisotopic (exact) mass is 573 g/mol. The predicted octanol–water partition coefficient (Wildman–Crippen LogP) is 5.90. The Morgan fingerprint density at radius 2 is 2.00 bits per heavy atom. The lowest BCUT2D eigenvalue weighted by Crippen LogP contribution is -2.37. The van der Waals surface area contributed by atoms with Gasteiger partial charge in [0, 0.05) is 25.1 Å². The lowest BCUT2D eigenvalue weighted by atomic mass is 9.77. The summed E-state index contributed by atoms with van der Waals surface area (Å²) in [4.78, 5) is 26.0. The maximum absolute atomic E-state index is 13.8. The van der Waals surface area contributed by atoms with E-state index in [1.807, 2.05) is 18.3 Å². The Kier molecular flexibility index (Phi) is 6.67. The molecule has 2 atom stereocenters. The Labute approximate surface area is 244 Å². The van der Waals surface area contributed by atoms with Crippen molar-refractivity contribution in [3.8, 4) is 0 Å². The van der Waals surface area contributed by atoms with E-state index in [0.717, 1.165) is 58.6 Å². The van der Waals surface area contributed by atoms with Gasteiger partial charge in [-0.05, 0) is 87.1 Å². The van der Waals surface area contributed by atoms with Crippen molar-refractivity contribution in [2.45, 2.75) is 89.9 Å². The molecule has 1 saturated carbocycles. The number of aromatic nitrogens is 4. The van der Waals surface area contributed by atoms with Crippen molar-refractivity contribution in [1.29, 1.82) is 0 Å². The first kappa shape index (κ1) is 27.0. The first-order valence-corrected chi connectivity index (χ1v) is 15.9. The van der Waals surface area contributed by atoms with Crippen molar-refractivity contribution < 1.29 is 14.6 Å². The minimum absolute atomic E-state index is 0.0578. The van der Waals surface area contributed by atoms with Crippen LogP contribution in [0.25, 0.3) is 15.9 Å². The first-order valence-electron chi connectivity index (χ1n) is 15.1. The molecule has 0 radical (unpaired) electrons. The number of Topliss-reactive ketones (excluding diaryl/α,β-unsaturated/α-hetero) is 1. The Hall–Kier alpha value is -2.88. The third kappa shape index (κ3) is 4.96. The molecule has 3 aliphatic rings. The fourth-order valence-corrected chi connectivity index (χ4v) is 8.30. The van der Waals surface area contributed by atoms with Gasteiger partial charge in [-0.3, -0.25) is 4.79 Å². The summed E-state index contributed by atoms with van der Waals surface area (Å²) in [5.41, 5.74) is 2.46. The van der Waals surface area contributed by atoms with Crippen molar-refractivity contribution >= 4 is 38.8 Å². The van der Waals surface area contributed by atoms with Crippen LogP contribution >= 0.6 is 11.3 Å². The smallest absolute Gasteiger partial charge is 0.172 e. The lowest BCUT2D eigenvalue weighted by Gasteiger charge is -2.29. The number of thiazole rings is 1. The van der Waals surface area contributed by atoms with Crippen LogP contribution in [0, 0.1) is 11.8 Å². The molecule has 2 bridgehead atoms. The minimum atomic E-state index is -1.10. The Balaban J connectivity index is 1.18. The molecule has 41 heavy (non-hydrogen) atoms. The molecule has 0 unspecified atom stereocenters. The van der Waals surface area contributed by atoms with Crippen LogP contribution in [0.5, 0.6) is 0 Å². The van der Waals surface area contributed by atoms with Crippen molar-refractivity contribution in [2.24, 2.45) is 11.8 Å². The second-order valence-electron chi connectivity index (χ2n) is 13.2. The van der Waals surface area contributed by atoms with E-state index in [2.05, 4.69) is 29.9 Å². The number of nitrogens with zero attached hydrogens (tertiary/aromatic N) is 5. The number of carbonyl (C=O) groups is 1. The quantitative estimate of drug-likeness (QED) is 0.275. The SMILES string of the molecule is CC(C)C1CCC(c2nc3cc(C(C)(C)O)c(CC(=O)c4cnn5ccc(N6C[C@H]7C[C@@H]6CO7)nc45)cc3s2)CC1. The van der Waals surface area contributed by atoms with Gasteiger partial charge in [-0.25, -0.2) is 14.5 Å². The zero-order chi connectivity index (χ0) is 28.5. The third-order valence-electron chi connectivity index (χ3n) is 9.55. The van der Waals surface area contributed by atoms with E-state index >= 15 is 0 Å². The number of ketones is 1. The van der Waals surface area contributed by atoms with Crippen LogP contribution in [-0.2, 0) is 16.8 Å². The maximum atomic E-state index is 13.8. The number of carbonyl (C=O) groups excluding carboxylic acids is 1. The summed E-state index contributed by atoms with van der Waals surface area (Å²) in [5.74, 6) is 2.85. The molecule has 1 aliphatic carbocycles. The van der Waals surface area contributed by atoms with E-state index in [1.54, 1.807) is 35.9 Å². The molecule has 0 amide bonds. The van der Waals surface area contributed by atoms with Gasteiger partial charge >= 0.3 is 0 Å². The van der Waals surface area contributed by atoms with Crippen molar-refractivity contribution in [1.82, 2.24) is 19.6 Å². The van der Waals surface area contributed by atoms with Crippen molar-refractivity contribution in [3.05, 3.63) is 52.3 Å². The molecule has 4 aromatic rings. The third-order valence-corrected chi connectivity index (χ3v) is 10.7. The second-order valence-corrected chi connectivity index (χ2v) is 14.2. The van der Waals surface area contributed by atoms with Crippen LogP contribution in [0.15, 0.2) is 30.6 Å². The van der Waals surface area contributed by atoms with E-state index in [0.29, 0.717) is 23.2 Å². The zero-order valence-electron chi connectivity index (χ0n) is 24.3. The Morgan fingerprint density at radius 1 is 1.20 bits per heavy atom. The van der Waals surface area contributed by atoms with Gasteiger partial charge in [0.05, 0.1) is 51.3 Å². The number of benzene rings is 1. The van der Waals surface area contributed by atoms with E-state index in [-0.39, 0.29) is 18.3 Å². The molecule has 216 valence electrons. The number of hydrogen-bond acceptors (Lipinski definition) is 8. The molecular weight excluding hydrogens is 534 g/mol. The summed E-state index contributed by atoms with van der Waals surface area (Å²) in [6.45, 7) is 9.77. The summed E-state index contributed by atoms with van der Waals surface area (Å²) >= 11 is 1.75. The van der Waals surface area contributed by atoms with Gasteiger partial charge < -0.3 is 14.7 Å². The fourth-order valence-electron chi connectivity index (χ4n) is 7.12. The van der Waals surface area contributed by atoms with Crippen LogP contribution in [0.1, 0.15) is 92.2 Å². The minimum Gasteiger partial charge on any atom is -0.386 e. The molecule has 1 N–H and O–H groups in total.